The summed E-state index contributed by atoms with van der Waals surface area (Å²) in [6, 6.07) is 1.62. The third-order valence-electron chi connectivity index (χ3n) is 2.02. The molecule has 0 aliphatic carbocycles. The number of nitrogens with one attached hydrogen (secondary N) is 1. The van der Waals surface area contributed by atoms with E-state index in [1.165, 1.54) is 6.26 Å². The summed E-state index contributed by atoms with van der Waals surface area (Å²) < 4.78 is 10.5. The van der Waals surface area contributed by atoms with Crippen LogP contribution in [0.4, 0.5) is 0 Å². The summed E-state index contributed by atoms with van der Waals surface area (Å²) in [5.74, 6) is -0.163. The van der Waals surface area contributed by atoms with Crippen molar-refractivity contribution in [2.75, 3.05) is 19.0 Å². The van der Waals surface area contributed by atoms with Gasteiger partial charge in [-0.3, -0.25) is 4.79 Å². The molecule has 1 unspecified atom stereocenters. The average molecular weight is 355 g/mol. The lowest BCUT2D eigenvalue weighted by atomic mass is 10.2. The lowest BCUT2D eigenvalue weighted by Gasteiger charge is -2.16. The Labute approximate surface area is 111 Å². The summed E-state index contributed by atoms with van der Waals surface area (Å²) in [5.41, 5.74) is 0.496. The second kappa shape index (κ2) is 7.09. The number of rotatable bonds is 6. The molecule has 0 saturated carbocycles. The van der Waals surface area contributed by atoms with E-state index < -0.39 is 0 Å². The standard InChI is InChI=1S/C10H13Br2NO3/c1-15-6-7(2-4-11)13-10(14)8-3-5-16-9(8)12/h3,5,7H,2,4,6H2,1H3,(H,13,14). The highest BCUT2D eigenvalue weighted by Gasteiger charge is 2.16. The van der Waals surface area contributed by atoms with E-state index in [-0.39, 0.29) is 11.9 Å². The summed E-state index contributed by atoms with van der Waals surface area (Å²) >= 11 is 6.51. The van der Waals surface area contributed by atoms with Gasteiger partial charge in [-0.1, -0.05) is 15.9 Å². The van der Waals surface area contributed by atoms with Gasteiger partial charge in [-0.2, -0.15) is 0 Å². The predicted molar refractivity (Wildman–Crippen MR) is 67.9 cm³/mol. The largest absolute Gasteiger partial charge is 0.457 e. The Morgan fingerprint density at radius 1 is 1.69 bits per heavy atom. The first kappa shape index (κ1) is 13.7. The topological polar surface area (TPSA) is 51.5 Å². The van der Waals surface area contributed by atoms with Gasteiger partial charge in [-0.05, 0) is 28.4 Å². The third kappa shape index (κ3) is 3.92. The number of furan rings is 1. The molecule has 0 spiro atoms. The molecule has 0 radical (unpaired) electrons. The van der Waals surface area contributed by atoms with Crippen molar-refractivity contribution >= 4 is 37.8 Å². The minimum absolute atomic E-state index is 0.00123. The van der Waals surface area contributed by atoms with Gasteiger partial charge < -0.3 is 14.5 Å². The maximum atomic E-state index is 11.8. The van der Waals surface area contributed by atoms with E-state index in [2.05, 4.69) is 37.2 Å². The zero-order valence-corrected chi connectivity index (χ0v) is 12.0. The van der Waals surface area contributed by atoms with Gasteiger partial charge in [0.1, 0.15) is 0 Å². The quantitative estimate of drug-likeness (QED) is 0.799. The zero-order valence-electron chi connectivity index (χ0n) is 8.83. The first-order chi connectivity index (χ1) is 7.69. The number of carbonyl (C=O) groups excluding carboxylic acids is 1. The summed E-state index contributed by atoms with van der Waals surface area (Å²) in [6.45, 7) is 0.493. The second-order valence-corrected chi connectivity index (χ2v) is 4.72. The van der Waals surface area contributed by atoms with E-state index >= 15 is 0 Å². The highest BCUT2D eigenvalue weighted by atomic mass is 79.9. The maximum Gasteiger partial charge on any atom is 0.256 e. The number of ether oxygens (including phenoxy) is 1. The van der Waals surface area contributed by atoms with Gasteiger partial charge in [0.05, 0.1) is 24.5 Å². The van der Waals surface area contributed by atoms with E-state index in [4.69, 9.17) is 9.15 Å². The number of hydrogen-bond acceptors (Lipinski definition) is 3. The fourth-order valence-corrected chi connectivity index (χ4v) is 2.22. The molecule has 1 aromatic rings. The van der Waals surface area contributed by atoms with Crippen LogP contribution in [0.25, 0.3) is 0 Å². The predicted octanol–water partition coefficient (Wildman–Crippen LogP) is 2.57. The Hall–Kier alpha value is -0.330. The smallest absolute Gasteiger partial charge is 0.256 e. The number of alkyl halides is 1. The van der Waals surface area contributed by atoms with Crippen LogP contribution in [0.5, 0.6) is 0 Å². The number of halogens is 2. The van der Waals surface area contributed by atoms with Crippen molar-refractivity contribution in [1.82, 2.24) is 5.32 Å². The molecule has 0 saturated heterocycles. The van der Waals surface area contributed by atoms with Crippen molar-refractivity contribution in [2.45, 2.75) is 12.5 Å². The molecule has 1 N–H and O–H groups in total. The second-order valence-electron chi connectivity index (χ2n) is 3.21. The van der Waals surface area contributed by atoms with Crippen LogP contribution in [0.2, 0.25) is 0 Å². The van der Waals surface area contributed by atoms with Gasteiger partial charge in [0.25, 0.3) is 5.91 Å². The first-order valence-corrected chi connectivity index (χ1v) is 6.69. The monoisotopic (exact) mass is 353 g/mol. The van der Waals surface area contributed by atoms with Crippen molar-refractivity contribution in [3.8, 4) is 0 Å². The number of methoxy groups -OCH3 is 1. The Morgan fingerprint density at radius 3 is 2.94 bits per heavy atom. The minimum Gasteiger partial charge on any atom is -0.457 e. The van der Waals surface area contributed by atoms with Gasteiger partial charge >= 0.3 is 0 Å². The van der Waals surface area contributed by atoms with Crippen molar-refractivity contribution in [3.05, 3.63) is 22.6 Å². The molecule has 1 rings (SSSR count). The van der Waals surface area contributed by atoms with Crippen molar-refractivity contribution < 1.29 is 13.9 Å². The molecule has 0 aromatic carbocycles. The lowest BCUT2D eigenvalue weighted by Crippen LogP contribution is -2.38. The Bertz CT molecular complexity index is 335. The van der Waals surface area contributed by atoms with E-state index in [0.29, 0.717) is 16.8 Å². The van der Waals surface area contributed by atoms with Gasteiger partial charge in [-0.15, -0.1) is 0 Å². The Morgan fingerprint density at radius 2 is 2.44 bits per heavy atom. The molecule has 90 valence electrons. The van der Waals surface area contributed by atoms with Gasteiger partial charge in [0.15, 0.2) is 4.67 Å². The van der Waals surface area contributed by atoms with E-state index in [1.54, 1.807) is 13.2 Å². The summed E-state index contributed by atoms with van der Waals surface area (Å²) in [5, 5.41) is 3.69. The molecule has 0 aliphatic heterocycles. The van der Waals surface area contributed by atoms with Crippen LogP contribution >= 0.6 is 31.9 Å². The van der Waals surface area contributed by atoms with Crippen LogP contribution in [-0.4, -0.2) is 31.0 Å². The first-order valence-electron chi connectivity index (χ1n) is 4.77. The van der Waals surface area contributed by atoms with Crippen LogP contribution in [0.15, 0.2) is 21.4 Å². The number of amides is 1. The van der Waals surface area contributed by atoms with E-state index in [1.807, 2.05) is 0 Å². The fraction of sp³-hybridized carbons (Fsp3) is 0.500. The van der Waals surface area contributed by atoms with Crippen LogP contribution in [-0.2, 0) is 4.74 Å². The number of carbonyl (C=O) groups is 1. The van der Waals surface area contributed by atoms with E-state index in [9.17, 15) is 4.79 Å². The summed E-state index contributed by atoms with van der Waals surface area (Å²) in [4.78, 5) is 11.8. The van der Waals surface area contributed by atoms with Crippen molar-refractivity contribution in [3.63, 3.8) is 0 Å². The van der Waals surface area contributed by atoms with Gasteiger partial charge in [0.2, 0.25) is 0 Å². The summed E-state index contributed by atoms with van der Waals surface area (Å²) in [6.07, 6.45) is 2.28. The van der Waals surface area contributed by atoms with Crippen LogP contribution in [0.1, 0.15) is 16.8 Å². The molecule has 0 bridgehead atoms. The molecular formula is C10H13Br2NO3. The maximum absolute atomic E-state index is 11.8. The van der Waals surface area contributed by atoms with Crippen LogP contribution in [0.3, 0.4) is 0 Å². The normalized spacial score (nSPS) is 12.4. The molecule has 1 amide bonds. The highest BCUT2D eigenvalue weighted by molar-refractivity contribution is 9.10. The molecule has 1 aromatic heterocycles. The molecule has 4 nitrogen and oxygen atoms in total. The lowest BCUT2D eigenvalue weighted by molar-refractivity contribution is 0.0894. The van der Waals surface area contributed by atoms with E-state index in [0.717, 1.165) is 11.8 Å². The van der Waals surface area contributed by atoms with Crippen molar-refractivity contribution in [1.29, 1.82) is 0 Å². The molecule has 16 heavy (non-hydrogen) atoms. The van der Waals surface area contributed by atoms with Gasteiger partial charge in [0, 0.05) is 12.4 Å². The average Bonchev–Trinajstić information content (AvgIpc) is 2.65. The Balaban J connectivity index is 2.58. The third-order valence-corrected chi connectivity index (χ3v) is 3.10. The minimum atomic E-state index is -0.163. The molecule has 1 heterocycles. The highest BCUT2D eigenvalue weighted by Crippen LogP contribution is 2.17. The van der Waals surface area contributed by atoms with Crippen LogP contribution in [0, 0.1) is 0 Å². The zero-order chi connectivity index (χ0) is 12.0. The van der Waals surface area contributed by atoms with Crippen LogP contribution < -0.4 is 5.32 Å². The van der Waals surface area contributed by atoms with Gasteiger partial charge in [-0.25, -0.2) is 0 Å². The van der Waals surface area contributed by atoms with Crippen molar-refractivity contribution in [2.24, 2.45) is 0 Å². The molecule has 6 heteroatoms. The molecule has 0 fully saturated rings. The Kier molecular flexibility index (Phi) is 6.08. The fourth-order valence-electron chi connectivity index (χ4n) is 1.25. The molecule has 0 aliphatic rings. The summed E-state index contributed by atoms with van der Waals surface area (Å²) in [7, 11) is 1.61. The molecule has 1 atom stereocenters. The SMILES string of the molecule is COCC(CCBr)NC(=O)c1ccoc1Br. The molecular weight excluding hydrogens is 342 g/mol. The number of hydrogen-bond donors (Lipinski definition) is 1.